The Kier molecular flexibility index (Phi) is 6.04. The summed E-state index contributed by atoms with van der Waals surface area (Å²) in [5, 5.41) is 6.07. The van der Waals surface area contributed by atoms with Crippen LogP contribution in [0.25, 0.3) is 0 Å². The Morgan fingerprint density at radius 2 is 1.96 bits per heavy atom. The highest BCUT2D eigenvalue weighted by Crippen LogP contribution is 2.31. The van der Waals surface area contributed by atoms with Crippen molar-refractivity contribution in [3.63, 3.8) is 0 Å². The van der Waals surface area contributed by atoms with Gasteiger partial charge in [-0.25, -0.2) is 9.18 Å². The number of rotatable bonds is 4. The molecule has 1 fully saturated rings. The maximum Gasteiger partial charge on any atom is 0.319 e. The Hall–Kier alpha value is -2.80. The molecular weight excluding hydrogens is 385 g/mol. The lowest BCUT2D eigenvalue weighted by molar-refractivity contribution is -0.134. The molecule has 2 N–H and O–H groups in total. The lowest BCUT2D eigenvalue weighted by Crippen LogP contribution is -2.52. The number of hydrogen-bond donors (Lipinski definition) is 2. The molecule has 3 amide bonds. The number of urea groups is 1. The zero-order valence-corrected chi connectivity index (χ0v) is 16.3. The molecule has 0 saturated carbocycles. The number of halogens is 2. The van der Waals surface area contributed by atoms with Gasteiger partial charge in [-0.15, -0.1) is 0 Å². The van der Waals surface area contributed by atoms with Crippen LogP contribution in [-0.2, 0) is 4.79 Å². The zero-order valence-electron chi connectivity index (χ0n) is 15.5. The van der Waals surface area contributed by atoms with E-state index in [2.05, 4.69) is 10.6 Å². The first-order chi connectivity index (χ1) is 13.4. The lowest BCUT2D eigenvalue weighted by atomic mass is 9.85. The van der Waals surface area contributed by atoms with E-state index >= 15 is 0 Å². The van der Waals surface area contributed by atoms with Gasteiger partial charge in [0.25, 0.3) is 0 Å². The van der Waals surface area contributed by atoms with Crippen molar-refractivity contribution >= 4 is 29.2 Å². The summed E-state index contributed by atoms with van der Waals surface area (Å²) in [6.45, 7) is 0.471. The number of methoxy groups -OCH3 is 1. The van der Waals surface area contributed by atoms with Gasteiger partial charge in [-0.3, -0.25) is 4.79 Å². The van der Waals surface area contributed by atoms with Crippen LogP contribution in [0.1, 0.15) is 17.9 Å². The molecule has 2 aromatic rings. The van der Waals surface area contributed by atoms with Crippen molar-refractivity contribution in [2.75, 3.05) is 26.0 Å². The second-order valence-electron chi connectivity index (χ2n) is 6.63. The van der Waals surface area contributed by atoms with Gasteiger partial charge in [-0.05, 0) is 36.8 Å². The minimum atomic E-state index is -0.819. The van der Waals surface area contributed by atoms with Gasteiger partial charge in [0.2, 0.25) is 5.91 Å². The first-order valence-electron chi connectivity index (χ1n) is 8.80. The fourth-order valence-corrected chi connectivity index (χ4v) is 3.41. The van der Waals surface area contributed by atoms with Crippen LogP contribution in [0.3, 0.4) is 0 Å². The second-order valence-corrected chi connectivity index (χ2v) is 7.06. The smallest absolute Gasteiger partial charge is 0.319 e. The molecule has 148 valence electrons. The Balaban J connectivity index is 1.80. The molecule has 2 atom stereocenters. The van der Waals surface area contributed by atoms with Crippen LogP contribution in [0.2, 0.25) is 5.02 Å². The van der Waals surface area contributed by atoms with Gasteiger partial charge in [0.1, 0.15) is 11.6 Å². The van der Waals surface area contributed by atoms with Gasteiger partial charge in [0, 0.05) is 42.0 Å². The number of amides is 3. The molecule has 2 unspecified atom stereocenters. The number of benzene rings is 2. The van der Waals surface area contributed by atoms with Crippen molar-refractivity contribution in [3.8, 4) is 5.75 Å². The molecule has 28 heavy (non-hydrogen) atoms. The van der Waals surface area contributed by atoms with Crippen LogP contribution in [0.5, 0.6) is 5.75 Å². The number of nitrogens with zero attached hydrogens (tertiary/aromatic N) is 1. The fourth-order valence-electron chi connectivity index (χ4n) is 3.28. The minimum Gasteiger partial charge on any atom is -0.497 e. The number of piperidine rings is 1. The Labute approximate surface area is 167 Å². The molecule has 0 radical (unpaired) electrons. The zero-order chi connectivity index (χ0) is 20.3. The maximum atomic E-state index is 14.6. The SMILES string of the molecule is COc1ccc(C2C(=O)N(C)CCC2NC(=O)Nc2ccc(Cl)cc2)c(F)c1. The minimum absolute atomic E-state index is 0.231. The fraction of sp³-hybridized carbons (Fsp3) is 0.300. The molecule has 0 aromatic heterocycles. The molecule has 8 heteroatoms. The third-order valence-corrected chi connectivity index (χ3v) is 5.03. The van der Waals surface area contributed by atoms with E-state index < -0.39 is 23.8 Å². The summed E-state index contributed by atoms with van der Waals surface area (Å²) in [6.07, 6.45) is 0.506. The van der Waals surface area contributed by atoms with Crippen molar-refractivity contribution in [1.29, 1.82) is 0 Å². The highest BCUT2D eigenvalue weighted by atomic mass is 35.5. The van der Waals surface area contributed by atoms with E-state index in [-0.39, 0.29) is 11.5 Å². The van der Waals surface area contributed by atoms with E-state index in [1.807, 2.05) is 0 Å². The monoisotopic (exact) mass is 405 g/mol. The lowest BCUT2D eigenvalue weighted by Gasteiger charge is -2.36. The number of anilines is 1. The summed E-state index contributed by atoms with van der Waals surface area (Å²) in [5.41, 5.74) is 0.794. The van der Waals surface area contributed by atoms with E-state index in [0.29, 0.717) is 29.4 Å². The third-order valence-electron chi connectivity index (χ3n) is 4.78. The van der Waals surface area contributed by atoms with Crippen molar-refractivity contribution in [1.82, 2.24) is 10.2 Å². The Bertz CT molecular complexity index is 875. The third kappa shape index (κ3) is 4.36. The molecule has 0 bridgehead atoms. The Morgan fingerprint density at radius 3 is 2.61 bits per heavy atom. The number of nitrogens with one attached hydrogen (secondary N) is 2. The number of hydrogen-bond acceptors (Lipinski definition) is 3. The van der Waals surface area contributed by atoms with Crippen LogP contribution < -0.4 is 15.4 Å². The summed E-state index contributed by atoms with van der Waals surface area (Å²) in [4.78, 5) is 26.7. The van der Waals surface area contributed by atoms with Crippen LogP contribution in [-0.4, -0.2) is 43.6 Å². The van der Waals surface area contributed by atoms with E-state index in [1.54, 1.807) is 42.3 Å². The van der Waals surface area contributed by atoms with Crippen LogP contribution in [0, 0.1) is 5.82 Å². The number of likely N-dealkylation sites (tertiary alicyclic amines) is 1. The molecule has 3 rings (SSSR count). The first kappa shape index (κ1) is 19.9. The second kappa shape index (κ2) is 8.48. The topological polar surface area (TPSA) is 70.7 Å². The normalized spacial score (nSPS) is 19.3. The molecular formula is C20H21ClFN3O3. The number of ether oxygens (including phenoxy) is 1. The van der Waals surface area contributed by atoms with E-state index in [1.165, 1.54) is 19.2 Å². The standard InChI is InChI=1S/C20H21ClFN3O3/c1-25-10-9-17(24-20(27)23-13-5-3-12(21)4-6-13)18(19(25)26)15-8-7-14(28-2)11-16(15)22/h3-8,11,17-18H,9-10H2,1-2H3,(H2,23,24,27). The first-order valence-corrected chi connectivity index (χ1v) is 9.18. The van der Waals surface area contributed by atoms with Crippen molar-refractivity contribution in [3.05, 3.63) is 58.9 Å². The molecule has 0 spiro atoms. The van der Waals surface area contributed by atoms with E-state index in [4.69, 9.17) is 16.3 Å². The van der Waals surface area contributed by atoms with Crippen LogP contribution in [0.4, 0.5) is 14.9 Å². The predicted molar refractivity (Wildman–Crippen MR) is 105 cm³/mol. The molecule has 2 aromatic carbocycles. The van der Waals surface area contributed by atoms with Gasteiger partial charge in [-0.1, -0.05) is 17.7 Å². The van der Waals surface area contributed by atoms with E-state index in [9.17, 15) is 14.0 Å². The quantitative estimate of drug-likeness (QED) is 0.816. The predicted octanol–water partition coefficient (Wildman–Crippen LogP) is 3.62. The van der Waals surface area contributed by atoms with Gasteiger partial charge < -0.3 is 20.3 Å². The van der Waals surface area contributed by atoms with Crippen molar-refractivity contribution in [2.45, 2.75) is 18.4 Å². The van der Waals surface area contributed by atoms with Crippen LogP contribution in [0.15, 0.2) is 42.5 Å². The largest absolute Gasteiger partial charge is 0.497 e. The van der Waals surface area contributed by atoms with Crippen molar-refractivity contribution < 1.29 is 18.7 Å². The summed E-state index contributed by atoms with van der Waals surface area (Å²) in [5.74, 6) is -1.24. The van der Waals surface area contributed by atoms with Gasteiger partial charge >= 0.3 is 6.03 Å². The highest BCUT2D eigenvalue weighted by molar-refractivity contribution is 6.30. The van der Waals surface area contributed by atoms with Gasteiger partial charge in [0.15, 0.2) is 0 Å². The van der Waals surface area contributed by atoms with Crippen molar-refractivity contribution in [2.24, 2.45) is 0 Å². The van der Waals surface area contributed by atoms with Crippen LogP contribution >= 0.6 is 11.6 Å². The molecule has 1 aliphatic rings. The van der Waals surface area contributed by atoms with Gasteiger partial charge in [0.05, 0.1) is 13.0 Å². The Morgan fingerprint density at radius 1 is 1.25 bits per heavy atom. The average Bonchev–Trinajstić information content (AvgIpc) is 2.67. The molecule has 0 aliphatic carbocycles. The summed E-state index contributed by atoms with van der Waals surface area (Å²) < 4.78 is 19.7. The highest BCUT2D eigenvalue weighted by Gasteiger charge is 2.38. The van der Waals surface area contributed by atoms with E-state index in [0.717, 1.165) is 0 Å². The number of likely N-dealkylation sites (N-methyl/N-ethyl adjacent to an activating group) is 1. The summed E-state index contributed by atoms with van der Waals surface area (Å²) in [6, 6.07) is 10.0. The molecule has 1 saturated heterocycles. The summed E-state index contributed by atoms with van der Waals surface area (Å²) >= 11 is 5.84. The molecule has 6 nitrogen and oxygen atoms in total. The molecule has 1 aliphatic heterocycles. The summed E-state index contributed by atoms with van der Waals surface area (Å²) in [7, 11) is 3.11. The number of carbonyl (C=O) groups is 2. The molecule has 1 heterocycles. The average molecular weight is 406 g/mol. The maximum absolute atomic E-state index is 14.6. The number of carbonyl (C=O) groups excluding carboxylic acids is 2. The van der Waals surface area contributed by atoms with Gasteiger partial charge in [-0.2, -0.15) is 0 Å².